The average molecular weight is 391 g/mol. The maximum Gasteiger partial charge on any atom is 0.243 e. The highest BCUT2D eigenvalue weighted by atomic mass is 32.2. The first-order valence-electron chi connectivity index (χ1n) is 9.69. The zero-order chi connectivity index (χ0) is 20.2. The zero-order valence-electron chi connectivity index (χ0n) is 17.6. The lowest BCUT2D eigenvalue weighted by atomic mass is 10.0. The van der Waals surface area contributed by atoms with Gasteiger partial charge in [0, 0.05) is 25.7 Å². The van der Waals surface area contributed by atoms with Gasteiger partial charge in [0.1, 0.15) is 0 Å². The van der Waals surface area contributed by atoms with Crippen molar-refractivity contribution in [2.75, 3.05) is 26.7 Å². The molecule has 1 aromatic rings. The van der Waals surface area contributed by atoms with E-state index in [4.69, 9.17) is 0 Å². The van der Waals surface area contributed by atoms with Gasteiger partial charge in [0.05, 0.1) is 4.90 Å². The first-order valence-corrected chi connectivity index (χ1v) is 11.1. The number of benzene rings is 1. The van der Waals surface area contributed by atoms with Crippen LogP contribution in [-0.2, 0) is 10.0 Å². The highest BCUT2D eigenvalue weighted by molar-refractivity contribution is 7.89. The Labute approximate surface area is 165 Å². The molecule has 0 bridgehead atoms. The number of aryl methyl sites for hydroxylation is 1. The summed E-state index contributed by atoms with van der Waals surface area (Å²) in [6, 6.07) is 7.56. The number of nitrogens with zero attached hydrogens (tertiary/aromatic N) is 2. The molecule has 0 unspecified atom stereocenters. The lowest BCUT2D eigenvalue weighted by Gasteiger charge is -2.36. The molecule has 0 spiro atoms. The van der Waals surface area contributed by atoms with Gasteiger partial charge in [0.2, 0.25) is 10.0 Å². The molecule has 0 amide bonds. The summed E-state index contributed by atoms with van der Waals surface area (Å²) in [6.45, 7) is 12.6. The first kappa shape index (κ1) is 21.9. The molecular formula is C22H34N2O2S. The van der Waals surface area contributed by atoms with E-state index in [1.165, 1.54) is 16.7 Å². The highest BCUT2D eigenvalue weighted by Crippen LogP contribution is 2.23. The van der Waals surface area contributed by atoms with Crippen molar-refractivity contribution in [3.63, 3.8) is 0 Å². The van der Waals surface area contributed by atoms with Gasteiger partial charge in [-0.05, 0) is 66.6 Å². The smallest absolute Gasteiger partial charge is 0.243 e. The predicted molar refractivity (Wildman–Crippen MR) is 113 cm³/mol. The van der Waals surface area contributed by atoms with E-state index in [9.17, 15) is 8.42 Å². The van der Waals surface area contributed by atoms with Crippen LogP contribution in [0.2, 0.25) is 0 Å². The third-order valence-corrected chi connectivity index (χ3v) is 7.37. The Kier molecular flexibility index (Phi) is 7.43. The fraction of sp³-hybridized carbons (Fsp3) is 0.545. The number of allylic oxidation sites excluding steroid dienone is 3. The standard InChI is InChI=1S/C22H34N2O2S/c1-17(2)20(5)15-19(4)16-23(6)21-11-13-24(14-12-21)27(25,26)22-9-7-18(3)8-10-22/h7-10,15,21H,11-14,16H2,1-6H3/b19-15+. The lowest BCUT2D eigenvalue weighted by molar-refractivity contribution is 0.179. The number of hydrogen-bond donors (Lipinski definition) is 0. The van der Waals surface area contributed by atoms with Gasteiger partial charge in [-0.25, -0.2) is 8.42 Å². The normalized spacial score (nSPS) is 17.4. The summed E-state index contributed by atoms with van der Waals surface area (Å²) in [5.41, 5.74) is 5.07. The van der Waals surface area contributed by atoms with Gasteiger partial charge >= 0.3 is 0 Å². The summed E-state index contributed by atoms with van der Waals surface area (Å²) < 4.78 is 27.3. The van der Waals surface area contributed by atoms with Crippen LogP contribution in [0.4, 0.5) is 0 Å². The molecule has 5 heteroatoms. The number of hydrogen-bond acceptors (Lipinski definition) is 3. The first-order chi connectivity index (χ1) is 12.6. The molecule has 1 aromatic carbocycles. The molecule has 150 valence electrons. The van der Waals surface area contributed by atoms with Crippen LogP contribution in [-0.4, -0.2) is 50.3 Å². The fourth-order valence-corrected chi connectivity index (χ4v) is 4.93. The second kappa shape index (κ2) is 9.18. The molecule has 1 fully saturated rings. The van der Waals surface area contributed by atoms with E-state index in [0.717, 1.165) is 24.9 Å². The Bertz CT molecular complexity index is 795. The SMILES string of the molecule is CC(C)=C(C)/C=C(\C)CN(C)C1CCN(S(=O)(=O)c2ccc(C)cc2)CC1. The largest absolute Gasteiger partial charge is 0.299 e. The predicted octanol–water partition coefficient (Wildman–Crippen LogP) is 4.38. The monoisotopic (exact) mass is 390 g/mol. The quantitative estimate of drug-likeness (QED) is 0.677. The van der Waals surface area contributed by atoms with Crippen molar-refractivity contribution in [2.45, 2.75) is 58.4 Å². The summed E-state index contributed by atoms with van der Waals surface area (Å²) in [7, 11) is -1.24. The second-order valence-corrected chi connectivity index (χ2v) is 9.98. The van der Waals surface area contributed by atoms with E-state index in [-0.39, 0.29) is 0 Å². The fourth-order valence-electron chi connectivity index (χ4n) is 3.46. The van der Waals surface area contributed by atoms with Crippen LogP contribution in [0.15, 0.2) is 52.0 Å². The maximum atomic E-state index is 12.8. The summed E-state index contributed by atoms with van der Waals surface area (Å²) in [6.07, 6.45) is 4.00. The van der Waals surface area contributed by atoms with E-state index < -0.39 is 10.0 Å². The van der Waals surface area contributed by atoms with Crippen molar-refractivity contribution in [1.82, 2.24) is 9.21 Å². The Balaban J connectivity index is 1.96. The minimum Gasteiger partial charge on any atom is -0.299 e. The second-order valence-electron chi connectivity index (χ2n) is 8.04. The van der Waals surface area contributed by atoms with Crippen LogP contribution >= 0.6 is 0 Å². The van der Waals surface area contributed by atoms with Crippen LogP contribution in [0.25, 0.3) is 0 Å². The molecule has 0 radical (unpaired) electrons. The lowest BCUT2D eigenvalue weighted by Crippen LogP contribution is -2.45. The van der Waals surface area contributed by atoms with Crippen LogP contribution in [0.3, 0.4) is 0 Å². The van der Waals surface area contributed by atoms with Crippen molar-refractivity contribution in [3.05, 3.63) is 52.6 Å². The summed E-state index contributed by atoms with van der Waals surface area (Å²) >= 11 is 0. The third kappa shape index (κ3) is 5.77. The molecule has 0 aliphatic carbocycles. The number of rotatable bonds is 6. The van der Waals surface area contributed by atoms with Crippen molar-refractivity contribution in [2.24, 2.45) is 0 Å². The van der Waals surface area contributed by atoms with Gasteiger partial charge < -0.3 is 0 Å². The van der Waals surface area contributed by atoms with Crippen molar-refractivity contribution >= 4 is 10.0 Å². The molecule has 0 saturated carbocycles. The zero-order valence-corrected chi connectivity index (χ0v) is 18.4. The van der Waals surface area contributed by atoms with Crippen LogP contribution in [0, 0.1) is 6.92 Å². The molecule has 1 saturated heterocycles. The van der Waals surface area contributed by atoms with Crippen LogP contribution < -0.4 is 0 Å². The van der Waals surface area contributed by atoms with Crippen LogP contribution in [0.1, 0.15) is 46.1 Å². The minimum atomic E-state index is -3.38. The topological polar surface area (TPSA) is 40.6 Å². The van der Waals surface area contributed by atoms with Crippen molar-refractivity contribution in [3.8, 4) is 0 Å². The van der Waals surface area contributed by atoms with Gasteiger partial charge in [-0.3, -0.25) is 4.90 Å². The molecule has 1 aliphatic heterocycles. The molecular weight excluding hydrogens is 356 g/mol. The molecule has 27 heavy (non-hydrogen) atoms. The van der Waals surface area contributed by atoms with E-state index in [2.05, 4.69) is 45.7 Å². The van der Waals surface area contributed by atoms with Crippen LogP contribution in [0.5, 0.6) is 0 Å². The van der Waals surface area contributed by atoms with E-state index in [0.29, 0.717) is 24.0 Å². The Morgan fingerprint density at radius 1 is 1.11 bits per heavy atom. The van der Waals surface area contributed by atoms with E-state index in [1.54, 1.807) is 16.4 Å². The number of sulfonamides is 1. The minimum absolute atomic E-state index is 0.399. The van der Waals surface area contributed by atoms with Gasteiger partial charge in [-0.1, -0.05) is 40.5 Å². The summed E-state index contributed by atoms with van der Waals surface area (Å²) in [5, 5.41) is 0. The van der Waals surface area contributed by atoms with Gasteiger partial charge in [0.15, 0.2) is 0 Å². The van der Waals surface area contributed by atoms with E-state index in [1.807, 2.05) is 19.1 Å². The number of piperidine rings is 1. The van der Waals surface area contributed by atoms with Crippen molar-refractivity contribution in [1.29, 1.82) is 0 Å². The molecule has 1 aliphatic rings. The van der Waals surface area contributed by atoms with E-state index >= 15 is 0 Å². The molecule has 0 aromatic heterocycles. The number of likely N-dealkylation sites (N-methyl/N-ethyl adjacent to an activating group) is 1. The van der Waals surface area contributed by atoms with Gasteiger partial charge in [-0.2, -0.15) is 4.31 Å². The molecule has 4 nitrogen and oxygen atoms in total. The molecule has 1 heterocycles. The summed E-state index contributed by atoms with van der Waals surface area (Å²) in [4.78, 5) is 2.76. The highest BCUT2D eigenvalue weighted by Gasteiger charge is 2.30. The Morgan fingerprint density at radius 2 is 1.67 bits per heavy atom. The summed E-state index contributed by atoms with van der Waals surface area (Å²) in [5.74, 6) is 0. The maximum absolute atomic E-state index is 12.8. The Hall–Kier alpha value is -1.43. The van der Waals surface area contributed by atoms with Crippen molar-refractivity contribution < 1.29 is 8.42 Å². The third-order valence-electron chi connectivity index (χ3n) is 5.46. The van der Waals surface area contributed by atoms with Gasteiger partial charge in [-0.15, -0.1) is 0 Å². The Morgan fingerprint density at radius 3 is 2.19 bits per heavy atom. The molecule has 0 atom stereocenters. The average Bonchev–Trinajstić information content (AvgIpc) is 2.61. The molecule has 2 rings (SSSR count). The van der Waals surface area contributed by atoms with Gasteiger partial charge in [0.25, 0.3) is 0 Å². The molecule has 0 N–H and O–H groups in total.